The minimum Gasteiger partial charge on any atom is -0.341 e. The second-order valence-corrected chi connectivity index (χ2v) is 4.47. The quantitative estimate of drug-likeness (QED) is 0.488. The fourth-order valence-electron chi connectivity index (χ4n) is 1.61. The lowest BCUT2D eigenvalue weighted by atomic mass is 10.1. The molecule has 0 fully saturated rings. The number of hydrogen-bond donors (Lipinski definition) is 0. The van der Waals surface area contributed by atoms with E-state index in [0.717, 1.165) is 19.2 Å². The van der Waals surface area contributed by atoms with Crippen molar-refractivity contribution >= 4 is 11.6 Å². The number of halogens is 4. The molecule has 21 heavy (non-hydrogen) atoms. The Labute approximate surface area is 117 Å². The van der Waals surface area contributed by atoms with Crippen LogP contribution in [-0.2, 0) is 0 Å². The van der Waals surface area contributed by atoms with Crippen LogP contribution in [0.15, 0.2) is 12.1 Å². The first-order valence-electron chi connectivity index (χ1n) is 5.79. The Morgan fingerprint density at radius 2 is 1.95 bits per heavy atom. The molecule has 1 aromatic carbocycles. The number of nitro groups is 1. The van der Waals surface area contributed by atoms with Gasteiger partial charge in [-0.1, -0.05) is 0 Å². The number of nitro benzene ring substituents is 1. The lowest BCUT2D eigenvalue weighted by Crippen LogP contribution is -2.31. The number of carbonyl (C=O) groups is 1. The van der Waals surface area contributed by atoms with Crippen LogP contribution in [0, 0.1) is 22.9 Å². The Morgan fingerprint density at radius 3 is 2.43 bits per heavy atom. The average molecular weight is 308 g/mol. The molecule has 0 N–H and O–H groups in total. The van der Waals surface area contributed by atoms with Gasteiger partial charge < -0.3 is 4.90 Å². The molecular weight excluding hydrogens is 296 g/mol. The Hall–Kier alpha value is -2.19. The number of alkyl halides is 3. The maximum Gasteiger partial charge on any atom is 0.390 e. The molecule has 0 aromatic heterocycles. The summed E-state index contributed by atoms with van der Waals surface area (Å²) in [6.07, 6.45) is -5.70. The molecule has 1 amide bonds. The average Bonchev–Trinajstić information content (AvgIpc) is 2.37. The smallest absolute Gasteiger partial charge is 0.341 e. The van der Waals surface area contributed by atoms with Gasteiger partial charge in [-0.05, 0) is 12.5 Å². The predicted molar refractivity (Wildman–Crippen MR) is 65.4 cm³/mol. The summed E-state index contributed by atoms with van der Waals surface area (Å²) < 4.78 is 50.1. The molecule has 0 radical (unpaired) electrons. The van der Waals surface area contributed by atoms with Crippen LogP contribution in [0.2, 0.25) is 0 Å². The highest BCUT2D eigenvalue weighted by Crippen LogP contribution is 2.23. The summed E-state index contributed by atoms with van der Waals surface area (Å²) in [7, 11) is 1.07. The molecule has 1 aromatic rings. The summed E-state index contributed by atoms with van der Waals surface area (Å²) in [5.74, 6) is -2.02. The highest BCUT2D eigenvalue weighted by Gasteiger charge is 2.29. The van der Waals surface area contributed by atoms with Gasteiger partial charge in [0.2, 0.25) is 0 Å². The topological polar surface area (TPSA) is 63.5 Å². The standard InChI is InChI=1S/C12H12F4N2O3/c1-7-5-8(18(20)21)6-9(10(7)13)11(19)17(2)4-3-12(14,15)16/h5-6H,3-4H2,1-2H3. The third kappa shape index (κ3) is 4.40. The second-order valence-electron chi connectivity index (χ2n) is 4.47. The molecule has 116 valence electrons. The zero-order chi connectivity index (χ0) is 16.4. The van der Waals surface area contributed by atoms with Crippen molar-refractivity contribution in [1.29, 1.82) is 0 Å². The van der Waals surface area contributed by atoms with E-state index in [1.165, 1.54) is 6.92 Å². The van der Waals surface area contributed by atoms with E-state index in [2.05, 4.69) is 0 Å². The number of rotatable bonds is 4. The molecule has 0 saturated heterocycles. The zero-order valence-electron chi connectivity index (χ0n) is 11.2. The first kappa shape index (κ1) is 16.9. The number of hydrogen-bond acceptors (Lipinski definition) is 3. The Morgan fingerprint density at radius 1 is 1.38 bits per heavy atom. The summed E-state index contributed by atoms with van der Waals surface area (Å²) >= 11 is 0. The number of nitrogens with zero attached hydrogens (tertiary/aromatic N) is 2. The molecule has 5 nitrogen and oxygen atoms in total. The molecule has 1 rings (SSSR count). The predicted octanol–water partition coefficient (Wildman–Crippen LogP) is 3.07. The van der Waals surface area contributed by atoms with Gasteiger partial charge in [-0.3, -0.25) is 14.9 Å². The van der Waals surface area contributed by atoms with E-state index in [1.54, 1.807) is 0 Å². The van der Waals surface area contributed by atoms with E-state index < -0.39 is 47.0 Å². The van der Waals surface area contributed by atoms with Crippen LogP contribution in [0.25, 0.3) is 0 Å². The van der Waals surface area contributed by atoms with E-state index in [9.17, 15) is 32.5 Å². The maximum atomic E-state index is 13.8. The highest BCUT2D eigenvalue weighted by atomic mass is 19.4. The Balaban J connectivity index is 3.04. The molecule has 0 bridgehead atoms. The number of non-ortho nitro benzene ring substituents is 1. The van der Waals surface area contributed by atoms with Crippen LogP contribution < -0.4 is 0 Å². The third-order valence-electron chi connectivity index (χ3n) is 2.76. The van der Waals surface area contributed by atoms with Crippen molar-refractivity contribution < 1.29 is 27.3 Å². The summed E-state index contributed by atoms with van der Waals surface area (Å²) in [5.41, 5.74) is -1.25. The number of benzene rings is 1. The van der Waals surface area contributed by atoms with Crippen molar-refractivity contribution in [3.63, 3.8) is 0 Å². The SMILES string of the molecule is Cc1cc([N+](=O)[O-])cc(C(=O)N(C)CCC(F)(F)F)c1F. The lowest BCUT2D eigenvalue weighted by Gasteiger charge is -2.18. The molecular formula is C12H12F4N2O3. The molecule has 0 unspecified atom stereocenters. The van der Waals surface area contributed by atoms with Crippen LogP contribution in [0.5, 0.6) is 0 Å². The van der Waals surface area contributed by atoms with Gasteiger partial charge >= 0.3 is 6.18 Å². The highest BCUT2D eigenvalue weighted by molar-refractivity contribution is 5.95. The Bertz CT molecular complexity index is 572. The van der Waals surface area contributed by atoms with Crippen molar-refractivity contribution in [2.75, 3.05) is 13.6 Å². The number of carbonyl (C=O) groups excluding carboxylic acids is 1. The van der Waals surface area contributed by atoms with E-state index in [-0.39, 0.29) is 5.56 Å². The van der Waals surface area contributed by atoms with Gasteiger partial charge in [-0.2, -0.15) is 13.2 Å². The van der Waals surface area contributed by atoms with Gasteiger partial charge in [0.05, 0.1) is 16.9 Å². The monoisotopic (exact) mass is 308 g/mol. The van der Waals surface area contributed by atoms with Crippen LogP contribution in [-0.4, -0.2) is 35.5 Å². The van der Waals surface area contributed by atoms with Crippen LogP contribution in [0.4, 0.5) is 23.2 Å². The first-order valence-corrected chi connectivity index (χ1v) is 5.79. The van der Waals surface area contributed by atoms with Gasteiger partial charge in [0.1, 0.15) is 5.82 Å². The van der Waals surface area contributed by atoms with Gasteiger partial charge in [-0.15, -0.1) is 0 Å². The van der Waals surface area contributed by atoms with Gasteiger partial charge in [0.15, 0.2) is 0 Å². The summed E-state index contributed by atoms with van der Waals surface area (Å²) in [4.78, 5) is 22.5. The normalized spacial score (nSPS) is 11.3. The van der Waals surface area contributed by atoms with Crippen molar-refractivity contribution in [2.24, 2.45) is 0 Å². The zero-order valence-corrected chi connectivity index (χ0v) is 11.2. The first-order chi connectivity index (χ1) is 9.53. The fraction of sp³-hybridized carbons (Fsp3) is 0.417. The molecule has 0 aliphatic heterocycles. The molecule has 0 heterocycles. The van der Waals surface area contributed by atoms with E-state index >= 15 is 0 Å². The van der Waals surface area contributed by atoms with E-state index in [0.29, 0.717) is 4.90 Å². The largest absolute Gasteiger partial charge is 0.390 e. The van der Waals surface area contributed by atoms with E-state index in [4.69, 9.17) is 0 Å². The lowest BCUT2D eigenvalue weighted by molar-refractivity contribution is -0.385. The molecule has 0 spiro atoms. The van der Waals surface area contributed by atoms with Crippen molar-refractivity contribution in [2.45, 2.75) is 19.5 Å². The summed E-state index contributed by atoms with van der Waals surface area (Å²) in [6, 6.07) is 1.66. The molecule has 0 atom stereocenters. The van der Waals surface area contributed by atoms with E-state index in [1.807, 2.05) is 0 Å². The summed E-state index contributed by atoms with van der Waals surface area (Å²) in [6.45, 7) is 0.568. The van der Waals surface area contributed by atoms with Crippen LogP contribution in [0.3, 0.4) is 0 Å². The fourth-order valence-corrected chi connectivity index (χ4v) is 1.61. The Kier molecular flexibility index (Phi) is 4.87. The number of aryl methyl sites for hydroxylation is 1. The van der Waals surface area contributed by atoms with Gasteiger partial charge in [0.25, 0.3) is 11.6 Å². The minimum atomic E-state index is -4.45. The van der Waals surface area contributed by atoms with Crippen molar-refractivity contribution in [3.05, 3.63) is 39.2 Å². The molecule has 0 aliphatic rings. The van der Waals surface area contributed by atoms with Crippen molar-refractivity contribution in [3.8, 4) is 0 Å². The third-order valence-corrected chi connectivity index (χ3v) is 2.76. The molecule has 0 saturated carbocycles. The summed E-state index contributed by atoms with van der Waals surface area (Å²) in [5, 5.41) is 10.7. The van der Waals surface area contributed by atoms with Crippen LogP contribution in [0.1, 0.15) is 22.3 Å². The van der Waals surface area contributed by atoms with Gasteiger partial charge in [-0.25, -0.2) is 4.39 Å². The molecule has 0 aliphatic carbocycles. The maximum absolute atomic E-state index is 13.8. The van der Waals surface area contributed by atoms with Crippen molar-refractivity contribution in [1.82, 2.24) is 4.90 Å². The minimum absolute atomic E-state index is 0.128. The molecule has 9 heteroatoms. The van der Waals surface area contributed by atoms with Crippen LogP contribution >= 0.6 is 0 Å². The van der Waals surface area contributed by atoms with Gasteiger partial charge in [0, 0.05) is 25.7 Å². The number of amides is 1. The second kappa shape index (κ2) is 6.06.